The summed E-state index contributed by atoms with van der Waals surface area (Å²) in [7, 11) is -3.67. The molecule has 0 radical (unpaired) electrons. The summed E-state index contributed by atoms with van der Waals surface area (Å²) < 4.78 is 22.3. The van der Waals surface area contributed by atoms with E-state index in [0.29, 0.717) is 30.8 Å². The quantitative estimate of drug-likeness (QED) is 0.787. The van der Waals surface area contributed by atoms with Crippen LogP contribution >= 0.6 is 11.6 Å². The summed E-state index contributed by atoms with van der Waals surface area (Å²) in [5.41, 5.74) is 1.95. The van der Waals surface area contributed by atoms with Gasteiger partial charge in [-0.25, -0.2) is 13.6 Å². The van der Waals surface area contributed by atoms with Crippen molar-refractivity contribution in [1.82, 2.24) is 5.32 Å². The maximum atomic E-state index is 11.8. The van der Waals surface area contributed by atoms with E-state index in [4.69, 9.17) is 16.7 Å². The zero-order valence-electron chi connectivity index (χ0n) is 13.0. The smallest absolute Gasteiger partial charge is 0.238 e. The Balaban J connectivity index is 1.74. The zero-order valence-corrected chi connectivity index (χ0v) is 14.6. The molecular formula is C17H19ClN2O3S. The fourth-order valence-electron chi connectivity index (χ4n) is 2.23. The monoisotopic (exact) mass is 366 g/mol. The molecule has 0 bridgehead atoms. The Labute approximate surface area is 146 Å². The molecule has 0 unspecified atom stereocenters. The van der Waals surface area contributed by atoms with Crippen molar-refractivity contribution in [3.63, 3.8) is 0 Å². The first-order valence-corrected chi connectivity index (χ1v) is 9.40. The Morgan fingerprint density at radius 2 is 1.75 bits per heavy atom. The number of amides is 1. The number of aryl methyl sites for hydroxylation is 1. The third-order valence-electron chi connectivity index (χ3n) is 3.52. The topological polar surface area (TPSA) is 89.3 Å². The first-order valence-electron chi connectivity index (χ1n) is 7.47. The minimum Gasteiger partial charge on any atom is -0.356 e. The summed E-state index contributed by atoms with van der Waals surface area (Å²) in [5, 5.41) is 8.55. The number of primary sulfonamides is 1. The van der Waals surface area contributed by atoms with Gasteiger partial charge in [-0.2, -0.15) is 0 Å². The van der Waals surface area contributed by atoms with Crippen LogP contribution in [0, 0.1) is 0 Å². The van der Waals surface area contributed by atoms with E-state index >= 15 is 0 Å². The summed E-state index contributed by atoms with van der Waals surface area (Å²) in [6.45, 7) is 0.489. The maximum Gasteiger partial charge on any atom is 0.238 e. The number of nitrogens with two attached hydrogens (primary N) is 1. The number of sulfonamides is 1. The van der Waals surface area contributed by atoms with Gasteiger partial charge in [0.25, 0.3) is 0 Å². The molecule has 0 aliphatic rings. The zero-order chi connectivity index (χ0) is 17.6. The number of hydrogen-bond donors (Lipinski definition) is 2. The number of hydrogen-bond acceptors (Lipinski definition) is 3. The minimum absolute atomic E-state index is 0.0314. The van der Waals surface area contributed by atoms with Crippen molar-refractivity contribution < 1.29 is 13.2 Å². The Morgan fingerprint density at radius 3 is 2.38 bits per heavy atom. The first kappa shape index (κ1) is 18.4. The molecule has 1 amide bonds. The molecule has 0 fully saturated rings. The molecule has 128 valence electrons. The van der Waals surface area contributed by atoms with Crippen LogP contribution < -0.4 is 10.5 Å². The van der Waals surface area contributed by atoms with E-state index in [1.807, 2.05) is 18.2 Å². The lowest BCUT2D eigenvalue weighted by Crippen LogP contribution is -2.25. The predicted molar refractivity (Wildman–Crippen MR) is 94.3 cm³/mol. The largest absolute Gasteiger partial charge is 0.356 e. The molecule has 2 aromatic carbocycles. The minimum atomic E-state index is -3.67. The lowest BCUT2D eigenvalue weighted by molar-refractivity contribution is -0.121. The fraction of sp³-hybridized carbons (Fsp3) is 0.235. The molecule has 0 aromatic heterocycles. The third-order valence-corrected chi connectivity index (χ3v) is 4.68. The number of halogens is 1. The Morgan fingerprint density at radius 1 is 1.04 bits per heavy atom. The summed E-state index contributed by atoms with van der Waals surface area (Å²) in [5.74, 6) is -0.0314. The maximum absolute atomic E-state index is 11.8. The molecule has 7 heteroatoms. The van der Waals surface area contributed by atoms with Gasteiger partial charge in [0.1, 0.15) is 0 Å². The highest BCUT2D eigenvalue weighted by Gasteiger charge is 2.07. The van der Waals surface area contributed by atoms with Crippen molar-refractivity contribution >= 4 is 27.5 Å². The van der Waals surface area contributed by atoms with Crippen molar-refractivity contribution in [2.24, 2.45) is 5.14 Å². The number of benzene rings is 2. The average molecular weight is 367 g/mol. The van der Waals surface area contributed by atoms with Gasteiger partial charge in [0, 0.05) is 18.0 Å². The molecule has 0 aliphatic heterocycles. The van der Waals surface area contributed by atoms with Crippen LogP contribution in [-0.2, 0) is 27.7 Å². The van der Waals surface area contributed by atoms with Crippen LogP contribution in [0.3, 0.4) is 0 Å². The van der Waals surface area contributed by atoms with Crippen LogP contribution in [0.4, 0.5) is 0 Å². The summed E-state index contributed by atoms with van der Waals surface area (Å²) in [6, 6.07) is 13.8. The number of nitrogens with one attached hydrogen (secondary N) is 1. The van der Waals surface area contributed by atoms with Crippen molar-refractivity contribution in [3.8, 4) is 0 Å². The van der Waals surface area contributed by atoms with Gasteiger partial charge in [0.2, 0.25) is 15.9 Å². The van der Waals surface area contributed by atoms with E-state index in [1.165, 1.54) is 12.1 Å². The SMILES string of the molecule is NS(=O)(=O)c1ccc(CCNC(=O)CCc2cccc(Cl)c2)cc1. The number of rotatable bonds is 7. The van der Waals surface area contributed by atoms with Crippen molar-refractivity contribution in [1.29, 1.82) is 0 Å². The normalized spacial score (nSPS) is 11.2. The molecule has 3 N–H and O–H groups in total. The van der Waals surface area contributed by atoms with Crippen LogP contribution in [0.5, 0.6) is 0 Å². The summed E-state index contributed by atoms with van der Waals surface area (Å²) in [4.78, 5) is 11.9. The molecule has 0 aliphatic carbocycles. The third kappa shape index (κ3) is 5.96. The second-order valence-electron chi connectivity index (χ2n) is 5.42. The molecular weight excluding hydrogens is 348 g/mol. The Hall–Kier alpha value is -1.89. The highest BCUT2D eigenvalue weighted by Crippen LogP contribution is 2.12. The van der Waals surface area contributed by atoms with Crippen LogP contribution in [0.15, 0.2) is 53.4 Å². The van der Waals surface area contributed by atoms with Crippen LogP contribution in [0.25, 0.3) is 0 Å². The Kier molecular flexibility index (Phi) is 6.36. The van der Waals surface area contributed by atoms with Gasteiger partial charge in [-0.05, 0) is 48.2 Å². The second kappa shape index (κ2) is 8.28. The molecule has 24 heavy (non-hydrogen) atoms. The molecule has 2 aromatic rings. The molecule has 5 nitrogen and oxygen atoms in total. The van der Waals surface area contributed by atoms with Gasteiger partial charge in [0.15, 0.2) is 0 Å². The average Bonchev–Trinajstić information content (AvgIpc) is 2.53. The molecule has 0 saturated carbocycles. The molecule has 0 atom stereocenters. The van der Waals surface area contributed by atoms with E-state index in [0.717, 1.165) is 11.1 Å². The van der Waals surface area contributed by atoms with Crippen molar-refractivity contribution in [3.05, 3.63) is 64.7 Å². The fourth-order valence-corrected chi connectivity index (χ4v) is 2.96. The van der Waals surface area contributed by atoms with Crippen LogP contribution in [-0.4, -0.2) is 20.9 Å². The molecule has 0 saturated heterocycles. The van der Waals surface area contributed by atoms with Crippen LogP contribution in [0.2, 0.25) is 5.02 Å². The van der Waals surface area contributed by atoms with E-state index in [1.54, 1.807) is 18.2 Å². The van der Waals surface area contributed by atoms with Gasteiger partial charge in [-0.1, -0.05) is 35.9 Å². The van der Waals surface area contributed by atoms with E-state index < -0.39 is 10.0 Å². The predicted octanol–water partition coefficient (Wildman–Crippen LogP) is 2.28. The summed E-state index contributed by atoms with van der Waals surface area (Å²) in [6.07, 6.45) is 1.65. The van der Waals surface area contributed by atoms with Gasteiger partial charge in [0.05, 0.1) is 4.90 Å². The number of carbonyl (C=O) groups is 1. The molecule has 0 heterocycles. The molecule has 0 spiro atoms. The standard InChI is InChI=1S/C17H19ClN2O3S/c18-15-3-1-2-14(12-15)6-9-17(21)20-11-10-13-4-7-16(8-5-13)24(19,22)23/h1-5,7-8,12H,6,9-11H2,(H,20,21)(H2,19,22,23). The van der Waals surface area contributed by atoms with Gasteiger partial charge in [-0.15, -0.1) is 0 Å². The number of carbonyl (C=O) groups excluding carboxylic acids is 1. The van der Waals surface area contributed by atoms with E-state index in [9.17, 15) is 13.2 Å². The second-order valence-corrected chi connectivity index (χ2v) is 7.42. The van der Waals surface area contributed by atoms with E-state index in [2.05, 4.69) is 5.32 Å². The van der Waals surface area contributed by atoms with Gasteiger partial charge < -0.3 is 5.32 Å². The highest BCUT2D eigenvalue weighted by atomic mass is 35.5. The summed E-state index contributed by atoms with van der Waals surface area (Å²) >= 11 is 5.90. The lowest BCUT2D eigenvalue weighted by Gasteiger charge is -2.06. The van der Waals surface area contributed by atoms with Crippen molar-refractivity contribution in [2.75, 3.05) is 6.54 Å². The highest BCUT2D eigenvalue weighted by molar-refractivity contribution is 7.89. The first-order chi connectivity index (χ1) is 11.3. The van der Waals surface area contributed by atoms with Crippen LogP contribution in [0.1, 0.15) is 17.5 Å². The lowest BCUT2D eigenvalue weighted by atomic mass is 10.1. The molecule has 2 rings (SSSR count). The van der Waals surface area contributed by atoms with Gasteiger partial charge >= 0.3 is 0 Å². The van der Waals surface area contributed by atoms with E-state index in [-0.39, 0.29) is 10.8 Å². The van der Waals surface area contributed by atoms with Gasteiger partial charge in [-0.3, -0.25) is 4.79 Å². The Bertz CT molecular complexity index is 805. The van der Waals surface area contributed by atoms with Crippen molar-refractivity contribution in [2.45, 2.75) is 24.2 Å².